The molecule has 126 valence electrons. The molecule has 1 aromatic carbocycles. The van der Waals surface area contributed by atoms with E-state index in [1.54, 1.807) is 17.0 Å². The van der Waals surface area contributed by atoms with E-state index in [9.17, 15) is 9.18 Å². The Labute approximate surface area is 136 Å². The summed E-state index contributed by atoms with van der Waals surface area (Å²) in [6, 6.07) is 6.21. The molecule has 0 spiro atoms. The molecular weight excluding hydrogens is 297 g/mol. The summed E-state index contributed by atoms with van der Waals surface area (Å²) in [5.74, 6) is -0.274. The number of hydrogen-bond acceptors (Lipinski definition) is 3. The number of amides is 2. The second-order valence-corrected chi connectivity index (χ2v) is 6.03. The predicted octanol–water partition coefficient (Wildman–Crippen LogP) is 3.15. The Kier molecular flexibility index (Phi) is 5.96. The van der Waals surface area contributed by atoms with Crippen molar-refractivity contribution < 1.29 is 14.0 Å². The molecule has 1 aliphatic heterocycles. The van der Waals surface area contributed by atoms with Crippen molar-refractivity contribution in [3.05, 3.63) is 35.6 Å². The molecular formula is C17H24FN3O2. The number of carbonyl (C=O) groups excluding carboxylic acids is 1. The molecule has 1 atom stereocenters. The molecule has 1 unspecified atom stereocenters. The molecule has 1 aliphatic rings. The highest BCUT2D eigenvalue weighted by Gasteiger charge is 2.26. The van der Waals surface area contributed by atoms with Crippen molar-refractivity contribution in [1.29, 1.82) is 0 Å². The molecule has 2 amide bonds. The molecule has 0 aliphatic carbocycles. The average molecular weight is 321 g/mol. The number of nitrogens with zero attached hydrogens (tertiary/aromatic N) is 2. The Morgan fingerprint density at radius 1 is 1.43 bits per heavy atom. The molecule has 1 heterocycles. The number of urea groups is 1. The van der Waals surface area contributed by atoms with E-state index in [-0.39, 0.29) is 24.0 Å². The Hall–Kier alpha value is -2.11. The third-order valence-electron chi connectivity index (χ3n) is 3.53. The number of halogens is 1. The SMILES string of the molecule is CCCN(CC1CC(c2ccc(F)cc2)=NO1)C(=O)NC(C)C. The summed E-state index contributed by atoms with van der Waals surface area (Å²) >= 11 is 0. The van der Waals surface area contributed by atoms with Crippen LogP contribution in [-0.2, 0) is 4.84 Å². The van der Waals surface area contributed by atoms with Gasteiger partial charge in [0.15, 0.2) is 6.10 Å². The molecule has 0 saturated carbocycles. The summed E-state index contributed by atoms with van der Waals surface area (Å²) < 4.78 is 13.0. The minimum absolute atomic E-state index is 0.0827. The molecule has 0 fully saturated rings. The van der Waals surface area contributed by atoms with E-state index in [1.165, 1.54) is 12.1 Å². The minimum Gasteiger partial charge on any atom is -0.390 e. The van der Waals surface area contributed by atoms with E-state index in [0.717, 1.165) is 17.7 Å². The van der Waals surface area contributed by atoms with Crippen LogP contribution in [0.1, 0.15) is 39.2 Å². The number of carbonyl (C=O) groups is 1. The van der Waals surface area contributed by atoms with Gasteiger partial charge in [-0.1, -0.05) is 24.2 Å². The second kappa shape index (κ2) is 7.94. The van der Waals surface area contributed by atoms with Gasteiger partial charge in [0.1, 0.15) is 5.82 Å². The zero-order valence-electron chi connectivity index (χ0n) is 13.9. The highest BCUT2D eigenvalue weighted by atomic mass is 19.1. The zero-order valence-corrected chi connectivity index (χ0v) is 13.9. The summed E-state index contributed by atoms with van der Waals surface area (Å²) in [5.41, 5.74) is 1.64. The van der Waals surface area contributed by atoms with E-state index in [4.69, 9.17) is 4.84 Å². The van der Waals surface area contributed by atoms with Crippen LogP contribution in [0.15, 0.2) is 29.4 Å². The van der Waals surface area contributed by atoms with Crippen LogP contribution in [-0.4, -0.2) is 41.9 Å². The van der Waals surface area contributed by atoms with Crippen molar-refractivity contribution in [1.82, 2.24) is 10.2 Å². The van der Waals surface area contributed by atoms with Crippen LogP contribution in [0.25, 0.3) is 0 Å². The van der Waals surface area contributed by atoms with Gasteiger partial charge in [-0.2, -0.15) is 0 Å². The molecule has 2 rings (SSSR count). The van der Waals surface area contributed by atoms with Gasteiger partial charge in [-0.25, -0.2) is 9.18 Å². The molecule has 0 aromatic heterocycles. The number of benzene rings is 1. The number of rotatable bonds is 6. The van der Waals surface area contributed by atoms with Gasteiger partial charge in [0.2, 0.25) is 0 Å². The van der Waals surface area contributed by atoms with Gasteiger partial charge in [0, 0.05) is 19.0 Å². The van der Waals surface area contributed by atoms with Gasteiger partial charge in [-0.05, 0) is 38.0 Å². The monoisotopic (exact) mass is 321 g/mol. The van der Waals surface area contributed by atoms with Gasteiger partial charge in [-0.3, -0.25) is 0 Å². The lowest BCUT2D eigenvalue weighted by Crippen LogP contribution is -2.46. The molecule has 0 saturated heterocycles. The number of hydrogen-bond donors (Lipinski definition) is 1. The van der Waals surface area contributed by atoms with Crippen LogP contribution in [0, 0.1) is 5.82 Å². The summed E-state index contributed by atoms with van der Waals surface area (Å²) in [5, 5.41) is 6.99. The lowest BCUT2D eigenvalue weighted by molar-refractivity contribution is 0.0603. The van der Waals surface area contributed by atoms with Crippen molar-refractivity contribution in [3.8, 4) is 0 Å². The van der Waals surface area contributed by atoms with Crippen LogP contribution in [0.2, 0.25) is 0 Å². The van der Waals surface area contributed by atoms with Crippen LogP contribution < -0.4 is 5.32 Å². The average Bonchev–Trinajstić information content (AvgIpc) is 2.95. The normalized spacial score (nSPS) is 16.9. The van der Waals surface area contributed by atoms with Gasteiger partial charge in [0.25, 0.3) is 0 Å². The predicted molar refractivity (Wildman–Crippen MR) is 88.0 cm³/mol. The molecule has 1 aromatic rings. The van der Waals surface area contributed by atoms with Crippen molar-refractivity contribution in [2.24, 2.45) is 5.16 Å². The Balaban J connectivity index is 1.93. The molecule has 0 radical (unpaired) electrons. The first kappa shape index (κ1) is 17.2. The van der Waals surface area contributed by atoms with E-state index in [1.807, 2.05) is 20.8 Å². The Morgan fingerprint density at radius 2 is 2.13 bits per heavy atom. The first-order valence-electron chi connectivity index (χ1n) is 8.03. The van der Waals surface area contributed by atoms with Gasteiger partial charge < -0.3 is 15.1 Å². The topological polar surface area (TPSA) is 53.9 Å². The van der Waals surface area contributed by atoms with Gasteiger partial charge >= 0.3 is 6.03 Å². The van der Waals surface area contributed by atoms with E-state index in [2.05, 4.69) is 10.5 Å². The number of nitrogens with one attached hydrogen (secondary N) is 1. The minimum atomic E-state index is -0.274. The van der Waals surface area contributed by atoms with Crippen molar-refractivity contribution in [2.45, 2.75) is 45.8 Å². The summed E-state index contributed by atoms with van der Waals surface area (Å²) in [4.78, 5) is 19.4. The highest BCUT2D eigenvalue weighted by Crippen LogP contribution is 2.18. The Bertz CT molecular complexity index is 557. The van der Waals surface area contributed by atoms with E-state index >= 15 is 0 Å². The molecule has 0 bridgehead atoms. The largest absolute Gasteiger partial charge is 0.390 e. The quantitative estimate of drug-likeness (QED) is 0.875. The van der Waals surface area contributed by atoms with Crippen molar-refractivity contribution in [3.63, 3.8) is 0 Å². The lowest BCUT2D eigenvalue weighted by Gasteiger charge is -2.25. The molecule has 5 nitrogen and oxygen atoms in total. The number of oxime groups is 1. The third-order valence-corrected chi connectivity index (χ3v) is 3.53. The standard InChI is InChI=1S/C17H24FN3O2/c1-4-9-21(17(22)19-12(2)3)11-15-10-16(20-23-15)13-5-7-14(18)8-6-13/h5-8,12,15H,4,9-11H2,1-3H3,(H,19,22). The van der Waals surface area contributed by atoms with E-state index in [0.29, 0.717) is 19.5 Å². The van der Waals surface area contributed by atoms with Gasteiger partial charge in [0.05, 0.1) is 12.3 Å². The summed E-state index contributed by atoms with van der Waals surface area (Å²) in [6.07, 6.45) is 1.32. The summed E-state index contributed by atoms with van der Waals surface area (Å²) in [6.45, 7) is 7.06. The third kappa shape index (κ3) is 4.94. The second-order valence-electron chi connectivity index (χ2n) is 6.03. The Morgan fingerprint density at radius 3 is 2.74 bits per heavy atom. The van der Waals surface area contributed by atoms with Crippen molar-refractivity contribution in [2.75, 3.05) is 13.1 Å². The van der Waals surface area contributed by atoms with Crippen LogP contribution >= 0.6 is 0 Å². The fourth-order valence-corrected chi connectivity index (χ4v) is 2.47. The fourth-order valence-electron chi connectivity index (χ4n) is 2.47. The zero-order chi connectivity index (χ0) is 16.8. The maximum atomic E-state index is 13.0. The van der Waals surface area contributed by atoms with Gasteiger partial charge in [-0.15, -0.1) is 0 Å². The highest BCUT2D eigenvalue weighted by molar-refractivity contribution is 6.01. The smallest absolute Gasteiger partial charge is 0.317 e. The molecule has 1 N–H and O–H groups in total. The van der Waals surface area contributed by atoms with Crippen LogP contribution in [0.3, 0.4) is 0 Å². The summed E-state index contributed by atoms with van der Waals surface area (Å²) in [7, 11) is 0. The van der Waals surface area contributed by atoms with Crippen LogP contribution in [0.5, 0.6) is 0 Å². The fraction of sp³-hybridized carbons (Fsp3) is 0.529. The maximum absolute atomic E-state index is 13.0. The first-order chi connectivity index (χ1) is 11.0. The maximum Gasteiger partial charge on any atom is 0.317 e. The van der Waals surface area contributed by atoms with E-state index < -0.39 is 0 Å². The molecule has 23 heavy (non-hydrogen) atoms. The van der Waals surface area contributed by atoms with Crippen LogP contribution in [0.4, 0.5) is 9.18 Å². The lowest BCUT2D eigenvalue weighted by atomic mass is 10.0. The van der Waals surface area contributed by atoms with Crippen molar-refractivity contribution >= 4 is 11.7 Å². The first-order valence-corrected chi connectivity index (χ1v) is 8.03. The molecule has 6 heteroatoms.